The molecule has 3 aromatic carbocycles. The number of rotatable bonds is 17. The highest BCUT2D eigenvalue weighted by molar-refractivity contribution is 7.89. The minimum atomic E-state index is -4.45. The molecule has 346 valence electrons. The number of nitro groups is 2. The van der Waals surface area contributed by atoms with E-state index in [-0.39, 0.29) is 58.9 Å². The van der Waals surface area contributed by atoms with Crippen LogP contribution in [0, 0.1) is 20.2 Å². The summed E-state index contributed by atoms with van der Waals surface area (Å²) >= 11 is 0. The maximum atomic E-state index is 14.4. The van der Waals surface area contributed by atoms with Gasteiger partial charge < -0.3 is 0 Å². The molecule has 0 unspecified atom stereocenters. The predicted octanol–water partition coefficient (Wildman–Crippen LogP) is 6.46. The third kappa shape index (κ3) is 12.5. The largest absolute Gasteiger partial charge is 0.408 e. The van der Waals surface area contributed by atoms with Crippen molar-refractivity contribution in [3.8, 4) is 0 Å². The summed E-state index contributed by atoms with van der Waals surface area (Å²) < 4.78 is 86.4. The Balaban J connectivity index is 1.28. The molecule has 0 spiro atoms. The van der Waals surface area contributed by atoms with Gasteiger partial charge in [0.05, 0.1) is 35.3 Å². The fraction of sp³-hybridized carbons (Fsp3) is 0.349. The molecule has 0 fully saturated rings. The van der Waals surface area contributed by atoms with E-state index in [4.69, 9.17) is 14.0 Å². The van der Waals surface area contributed by atoms with Crippen LogP contribution < -0.4 is 0 Å². The molecule has 0 amide bonds. The van der Waals surface area contributed by atoms with Gasteiger partial charge in [-0.05, 0) is 61.4 Å². The summed E-state index contributed by atoms with van der Waals surface area (Å²) in [5.74, 6) is 0. The van der Waals surface area contributed by atoms with Crippen LogP contribution in [0.2, 0.25) is 0 Å². The summed E-state index contributed by atoms with van der Waals surface area (Å²) in [7, 11) is -12.8. The zero-order valence-corrected chi connectivity index (χ0v) is 38.5. The lowest BCUT2D eigenvalue weighted by Gasteiger charge is -2.33. The second-order valence-corrected chi connectivity index (χ2v) is 20.8. The molecule has 1 aliphatic rings. The molecule has 6 rings (SSSR count). The normalized spacial score (nSPS) is 15.4. The van der Waals surface area contributed by atoms with E-state index in [1.165, 1.54) is 41.1 Å². The average Bonchev–Trinajstić information content (AvgIpc) is 3.29. The zero-order valence-electron chi connectivity index (χ0n) is 36.0. The zero-order chi connectivity index (χ0) is 46.6. The molecule has 22 heteroatoms. The van der Waals surface area contributed by atoms with Gasteiger partial charge in [0, 0.05) is 94.9 Å². The quantitative estimate of drug-likeness (QED) is 0.0553. The lowest BCUT2D eigenvalue weighted by Crippen LogP contribution is -2.42. The van der Waals surface area contributed by atoms with Crippen molar-refractivity contribution in [3.05, 3.63) is 164 Å². The first kappa shape index (κ1) is 49.1. The lowest BCUT2D eigenvalue weighted by molar-refractivity contribution is -0.388. The van der Waals surface area contributed by atoms with Crippen molar-refractivity contribution in [2.45, 2.75) is 56.1 Å². The summed E-state index contributed by atoms with van der Waals surface area (Å²) in [5, 5.41) is 23.8. The van der Waals surface area contributed by atoms with E-state index in [0.29, 0.717) is 43.0 Å². The number of fused-ring (bicyclic) bond motifs is 2. The number of aromatic nitrogens is 2. The molecule has 3 heterocycles. The number of para-hydroxylation sites is 2. The van der Waals surface area contributed by atoms with Crippen molar-refractivity contribution >= 4 is 39.2 Å². The monoisotopic (exact) mass is 950 g/mol. The molecule has 0 saturated carbocycles. The minimum absolute atomic E-state index is 0.0468. The van der Waals surface area contributed by atoms with E-state index in [0.717, 1.165) is 32.0 Å². The van der Waals surface area contributed by atoms with Crippen molar-refractivity contribution in [1.29, 1.82) is 0 Å². The summed E-state index contributed by atoms with van der Waals surface area (Å²) in [5.41, 5.74) is 2.21. The number of hydrogen-bond acceptors (Lipinski definition) is 14. The standard InChI is InChI=1S/C43H51N8O11PS2/c1-3-61-63(56,62-4-2)47-29-28-46(26-23-37-13-11-14-38(45-37)24-27-48(31-30-47)64(57,58)42-17-7-5-15-40(42)50(52)53)32-35-19-21-36(22-20-35)33-49(34-39-12-9-10-25-44-39)65(59,60)43-18-8-6-16-41(43)51(54)55/h5-22,25H,3-4,23-24,26-34H2,1-2H3. The van der Waals surface area contributed by atoms with E-state index in [1.807, 2.05) is 24.3 Å². The first-order chi connectivity index (χ1) is 31.1. The Bertz CT molecular complexity index is 2690. The van der Waals surface area contributed by atoms with Crippen molar-refractivity contribution in [1.82, 2.24) is 28.1 Å². The van der Waals surface area contributed by atoms with Crippen LogP contribution in [0.25, 0.3) is 0 Å². The number of benzene rings is 3. The molecule has 2 bridgehead atoms. The summed E-state index contributed by atoms with van der Waals surface area (Å²) in [6.45, 7) is 4.18. The number of nitro benzene ring substituents is 2. The first-order valence-corrected chi connectivity index (χ1v) is 25.3. The van der Waals surface area contributed by atoms with Gasteiger partial charge >= 0.3 is 7.75 Å². The van der Waals surface area contributed by atoms with Crippen LogP contribution in [0.1, 0.15) is 42.1 Å². The number of nitrogens with zero attached hydrogens (tertiary/aromatic N) is 8. The van der Waals surface area contributed by atoms with Crippen LogP contribution in [-0.4, -0.2) is 107 Å². The van der Waals surface area contributed by atoms with Gasteiger partial charge in [0.1, 0.15) is 0 Å². The summed E-state index contributed by atoms with van der Waals surface area (Å²) in [6.07, 6.45) is 2.24. The smallest absolute Gasteiger partial charge is 0.297 e. The Morgan fingerprint density at radius 3 is 1.85 bits per heavy atom. The van der Waals surface area contributed by atoms with E-state index in [9.17, 15) is 41.6 Å². The average molecular weight is 951 g/mol. The molecular weight excluding hydrogens is 900 g/mol. The highest BCUT2D eigenvalue weighted by Gasteiger charge is 2.37. The van der Waals surface area contributed by atoms with Crippen LogP contribution >= 0.6 is 7.75 Å². The minimum Gasteiger partial charge on any atom is -0.297 e. The highest BCUT2D eigenvalue weighted by atomic mass is 32.2. The maximum absolute atomic E-state index is 14.4. The molecule has 0 aliphatic carbocycles. The second-order valence-electron chi connectivity index (χ2n) is 14.9. The number of hydrogen-bond donors (Lipinski definition) is 0. The third-order valence-corrected chi connectivity index (χ3v) is 16.6. The van der Waals surface area contributed by atoms with Crippen LogP contribution in [0.15, 0.2) is 125 Å². The highest BCUT2D eigenvalue weighted by Crippen LogP contribution is 2.51. The molecule has 19 nitrogen and oxygen atoms in total. The van der Waals surface area contributed by atoms with Crippen molar-refractivity contribution in [2.24, 2.45) is 0 Å². The van der Waals surface area contributed by atoms with Gasteiger partial charge in [0.15, 0.2) is 9.79 Å². The fourth-order valence-corrected chi connectivity index (χ4v) is 12.2. The summed E-state index contributed by atoms with van der Waals surface area (Å²) in [6, 6.07) is 28.3. The maximum Gasteiger partial charge on any atom is 0.408 e. The Kier molecular flexibility index (Phi) is 16.8. The molecular formula is C43H51N8O11PS2. The molecule has 2 aromatic heterocycles. The van der Waals surface area contributed by atoms with E-state index >= 15 is 0 Å². The Labute approximate surface area is 378 Å². The van der Waals surface area contributed by atoms with Crippen LogP contribution in [0.5, 0.6) is 0 Å². The summed E-state index contributed by atoms with van der Waals surface area (Å²) in [4.78, 5) is 32.7. The first-order valence-electron chi connectivity index (χ1n) is 20.9. The third-order valence-electron chi connectivity index (χ3n) is 10.6. The molecule has 1 aliphatic heterocycles. The van der Waals surface area contributed by atoms with Gasteiger partial charge in [-0.1, -0.05) is 60.7 Å². The van der Waals surface area contributed by atoms with Gasteiger partial charge in [-0.25, -0.2) is 26.1 Å². The molecule has 65 heavy (non-hydrogen) atoms. The SMILES string of the molecule is CCOP(=O)(OCC)N1CCN(Cc2ccc(CN(Cc3ccccn3)S(=O)(=O)c3ccccc3[N+](=O)[O-])cc2)CCc2cccc(n2)CCN(S(=O)(=O)c2ccccc2[N+](=O)[O-])CC1. The van der Waals surface area contributed by atoms with Gasteiger partial charge in [-0.3, -0.25) is 44.1 Å². The second kappa shape index (κ2) is 22.2. The molecule has 0 radical (unpaired) electrons. The molecule has 0 saturated heterocycles. The molecule has 0 N–H and O–H groups in total. The lowest BCUT2D eigenvalue weighted by atomic mass is 10.1. The van der Waals surface area contributed by atoms with Crippen molar-refractivity contribution < 1.29 is 40.3 Å². The Morgan fingerprint density at radius 2 is 1.23 bits per heavy atom. The topological polar surface area (TPSA) is 229 Å². The Morgan fingerprint density at radius 1 is 0.662 bits per heavy atom. The van der Waals surface area contributed by atoms with Crippen LogP contribution in [-0.2, 0) is 66.1 Å². The molecule has 0 atom stereocenters. The van der Waals surface area contributed by atoms with Crippen molar-refractivity contribution in [3.63, 3.8) is 0 Å². The van der Waals surface area contributed by atoms with E-state index < -0.39 is 58.8 Å². The Hall–Kier alpha value is -5.35. The van der Waals surface area contributed by atoms with Gasteiger partial charge in [0.2, 0.25) is 10.0 Å². The van der Waals surface area contributed by atoms with Crippen molar-refractivity contribution in [2.75, 3.05) is 52.5 Å². The fourth-order valence-electron chi connectivity index (χ4n) is 7.35. The predicted molar refractivity (Wildman–Crippen MR) is 241 cm³/mol. The van der Waals surface area contributed by atoms with Gasteiger partial charge in [0.25, 0.3) is 21.4 Å². The van der Waals surface area contributed by atoms with E-state index in [2.05, 4.69) is 9.88 Å². The number of sulfonamides is 2. The van der Waals surface area contributed by atoms with Gasteiger partial charge in [-0.15, -0.1) is 0 Å². The number of pyridine rings is 2. The van der Waals surface area contributed by atoms with Crippen LogP contribution in [0.3, 0.4) is 0 Å². The van der Waals surface area contributed by atoms with E-state index in [1.54, 1.807) is 56.4 Å². The molecule has 5 aromatic rings. The van der Waals surface area contributed by atoms with Crippen LogP contribution in [0.4, 0.5) is 11.4 Å². The van der Waals surface area contributed by atoms with Gasteiger partial charge in [-0.2, -0.15) is 8.61 Å².